The lowest BCUT2D eigenvalue weighted by Gasteiger charge is -2.17. The zero-order valence-corrected chi connectivity index (χ0v) is 17.8. The molecule has 5 nitrogen and oxygen atoms in total. The largest absolute Gasteiger partial charge is 0.341 e. The summed E-state index contributed by atoms with van der Waals surface area (Å²) in [7, 11) is 1.56. The number of hydrogen-bond acceptors (Lipinski definition) is 5. The highest BCUT2D eigenvalue weighted by molar-refractivity contribution is 7.19. The number of rotatable bonds is 5. The van der Waals surface area contributed by atoms with Gasteiger partial charge in [-0.3, -0.25) is 9.59 Å². The highest BCUT2D eigenvalue weighted by Crippen LogP contribution is 2.34. The highest BCUT2D eigenvalue weighted by Gasteiger charge is 2.17. The number of H-pyrrole nitrogens is 1. The molecule has 0 aliphatic carbocycles. The third-order valence-corrected chi connectivity index (χ3v) is 6.55. The van der Waals surface area contributed by atoms with Gasteiger partial charge in [-0.1, -0.05) is 6.07 Å². The van der Waals surface area contributed by atoms with Crippen LogP contribution in [0.15, 0.2) is 40.5 Å². The first kappa shape index (κ1) is 20.4. The standard InChI is InChI=1S/C21H17F2N3O2S2/c1-11-3-6-16(30-11)13-10-29-21-19(13)20(28)24-17(25-21)8-18(27)26(2)9-12-4-5-14(22)15(23)7-12/h3-7,10H,8-9H2,1-2H3,(H,24,25,28). The van der Waals surface area contributed by atoms with E-state index < -0.39 is 11.6 Å². The van der Waals surface area contributed by atoms with Crippen LogP contribution < -0.4 is 5.56 Å². The SMILES string of the molecule is Cc1ccc(-c2csc3nc(CC(=O)N(C)Cc4ccc(F)c(F)c4)[nH]c(=O)c23)s1. The second-order valence-electron chi connectivity index (χ2n) is 6.93. The quantitative estimate of drug-likeness (QED) is 0.492. The average Bonchev–Trinajstić information content (AvgIpc) is 3.31. The van der Waals surface area contributed by atoms with Gasteiger partial charge in [-0.15, -0.1) is 22.7 Å². The molecule has 0 bridgehead atoms. The molecule has 0 saturated carbocycles. The fraction of sp³-hybridized carbons (Fsp3) is 0.190. The summed E-state index contributed by atoms with van der Waals surface area (Å²) in [5, 5.41) is 2.42. The molecular weight excluding hydrogens is 428 g/mol. The smallest absolute Gasteiger partial charge is 0.260 e. The van der Waals surface area contributed by atoms with Crippen molar-refractivity contribution in [3.63, 3.8) is 0 Å². The fourth-order valence-electron chi connectivity index (χ4n) is 3.12. The molecule has 4 aromatic rings. The Morgan fingerprint density at radius 3 is 2.70 bits per heavy atom. The number of aryl methyl sites for hydroxylation is 1. The number of nitrogens with one attached hydrogen (secondary N) is 1. The molecule has 1 N–H and O–H groups in total. The van der Waals surface area contributed by atoms with Gasteiger partial charge < -0.3 is 9.88 Å². The molecule has 0 spiro atoms. The fourth-order valence-corrected chi connectivity index (χ4v) is 5.04. The van der Waals surface area contributed by atoms with Crippen molar-refractivity contribution in [2.75, 3.05) is 7.05 Å². The van der Waals surface area contributed by atoms with E-state index in [0.717, 1.165) is 27.5 Å². The van der Waals surface area contributed by atoms with Gasteiger partial charge in [-0.05, 0) is 36.8 Å². The van der Waals surface area contributed by atoms with Crippen LogP contribution in [0.4, 0.5) is 8.78 Å². The first-order chi connectivity index (χ1) is 14.3. The van der Waals surface area contributed by atoms with Crippen LogP contribution in [0.5, 0.6) is 0 Å². The molecule has 30 heavy (non-hydrogen) atoms. The van der Waals surface area contributed by atoms with Gasteiger partial charge in [0.25, 0.3) is 5.56 Å². The van der Waals surface area contributed by atoms with E-state index in [1.54, 1.807) is 18.4 Å². The van der Waals surface area contributed by atoms with Crippen molar-refractivity contribution in [3.05, 3.63) is 74.0 Å². The van der Waals surface area contributed by atoms with Crippen LogP contribution in [0.3, 0.4) is 0 Å². The average molecular weight is 446 g/mol. The van der Waals surface area contributed by atoms with Gasteiger partial charge in [-0.25, -0.2) is 13.8 Å². The number of thiophene rings is 2. The van der Waals surface area contributed by atoms with Gasteiger partial charge in [0.05, 0.1) is 11.8 Å². The summed E-state index contributed by atoms with van der Waals surface area (Å²) in [5.41, 5.74) is 1.03. The molecule has 0 aliphatic rings. The van der Waals surface area contributed by atoms with E-state index >= 15 is 0 Å². The van der Waals surface area contributed by atoms with Crippen LogP contribution in [-0.2, 0) is 17.8 Å². The first-order valence-corrected chi connectivity index (χ1v) is 10.8. The second-order valence-corrected chi connectivity index (χ2v) is 9.07. The molecule has 0 fully saturated rings. The van der Waals surface area contributed by atoms with E-state index in [9.17, 15) is 18.4 Å². The van der Waals surface area contributed by atoms with Crippen LogP contribution in [0.1, 0.15) is 16.3 Å². The Bertz CT molecular complexity index is 1310. The Balaban J connectivity index is 1.54. The predicted molar refractivity (Wildman–Crippen MR) is 115 cm³/mol. The minimum absolute atomic E-state index is 0.100. The lowest BCUT2D eigenvalue weighted by Crippen LogP contribution is -2.29. The van der Waals surface area contributed by atoms with Crippen LogP contribution in [0.2, 0.25) is 0 Å². The Hall–Kier alpha value is -2.91. The molecular formula is C21H17F2N3O2S2. The molecule has 4 rings (SSSR count). The zero-order valence-electron chi connectivity index (χ0n) is 16.2. The minimum Gasteiger partial charge on any atom is -0.341 e. The summed E-state index contributed by atoms with van der Waals surface area (Å²) in [5.74, 6) is -1.92. The molecule has 1 amide bonds. The number of likely N-dealkylation sites (N-methyl/N-ethyl adjacent to an activating group) is 1. The van der Waals surface area contributed by atoms with Gasteiger partial charge in [-0.2, -0.15) is 0 Å². The Morgan fingerprint density at radius 2 is 2.00 bits per heavy atom. The Morgan fingerprint density at radius 1 is 1.20 bits per heavy atom. The summed E-state index contributed by atoms with van der Waals surface area (Å²) >= 11 is 2.97. The number of carbonyl (C=O) groups excluding carboxylic acids is 1. The van der Waals surface area contributed by atoms with E-state index in [2.05, 4.69) is 9.97 Å². The molecule has 0 unspecified atom stereocenters. The number of amides is 1. The van der Waals surface area contributed by atoms with E-state index in [-0.39, 0.29) is 30.3 Å². The van der Waals surface area contributed by atoms with Crippen LogP contribution in [0, 0.1) is 18.6 Å². The number of halogens is 2. The number of benzene rings is 1. The summed E-state index contributed by atoms with van der Waals surface area (Å²) in [6.45, 7) is 2.12. The second kappa shape index (κ2) is 8.08. The van der Waals surface area contributed by atoms with E-state index in [4.69, 9.17) is 0 Å². The van der Waals surface area contributed by atoms with Crippen molar-refractivity contribution in [1.82, 2.24) is 14.9 Å². The number of aromatic nitrogens is 2. The van der Waals surface area contributed by atoms with Crippen molar-refractivity contribution in [2.24, 2.45) is 0 Å². The molecule has 0 aliphatic heterocycles. The zero-order chi connectivity index (χ0) is 21.4. The van der Waals surface area contributed by atoms with Gasteiger partial charge in [0, 0.05) is 34.3 Å². The van der Waals surface area contributed by atoms with Crippen molar-refractivity contribution in [1.29, 1.82) is 0 Å². The number of fused-ring (bicyclic) bond motifs is 1. The Kier molecular flexibility index (Phi) is 5.48. The van der Waals surface area contributed by atoms with Crippen LogP contribution in [-0.4, -0.2) is 27.8 Å². The molecule has 9 heteroatoms. The van der Waals surface area contributed by atoms with Crippen LogP contribution in [0.25, 0.3) is 20.7 Å². The van der Waals surface area contributed by atoms with Crippen molar-refractivity contribution in [2.45, 2.75) is 19.9 Å². The number of aromatic amines is 1. The lowest BCUT2D eigenvalue weighted by atomic mass is 10.2. The van der Waals surface area contributed by atoms with Gasteiger partial charge in [0.15, 0.2) is 11.6 Å². The van der Waals surface area contributed by atoms with Gasteiger partial charge >= 0.3 is 0 Å². The monoisotopic (exact) mass is 445 g/mol. The third kappa shape index (κ3) is 4.03. The van der Waals surface area contributed by atoms with E-state index in [1.807, 2.05) is 24.4 Å². The normalized spacial score (nSPS) is 11.2. The molecule has 0 radical (unpaired) electrons. The Labute approximate surface area is 178 Å². The first-order valence-electron chi connectivity index (χ1n) is 9.07. The molecule has 1 aromatic carbocycles. The van der Waals surface area contributed by atoms with E-state index in [0.29, 0.717) is 15.8 Å². The van der Waals surface area contributed by atoms with Crippen molar-refractivity contribution >= 4 is 38.8 Å². The van der Waals surface area contributed by atoms with Crippen LogP contribution >= 0.6 is 22.7 Å². The maximum atomic E-state index is 13.4. The number of nitrogens with zero attached hydrogens (tertiary/aromatic N) is 2. The molecule has 154 valence electrons. The summed E-state index contributed by atoms with van der Waals surface area (Å²) < 4.78 is 26.4. The highest BCUT2D eigenvalue weighted by atomic mass is 32.1. The maximum absolute atomic E-state index is 13.4. The topological polar surface area (TPSA) is 66.1 Å². The maximum Gasteiger partial charge on any atom is 0.260 e. The number of hydrogen-bond donors (Lipinski definition) is 1. The minimum atomic E-state index is -0.959. The lowest BCUT2D eigenvalue weighted by molar-refractivity contribution is -0.129. The van der Waals surface area contributed by atoms with Gasteiger partial charge in [0.2, 0.25) is 5.91 Å². The molecule has 3 heterocycles. The molecule has 3 aromatic heterocycles. The summed E-state index contributed by atoms with van der Waals surface area (Å²) in [6, 6.07) is 7.49. The van der Waals surface area contributed by atoms with E-state index in [1.165, 1.54) is 22.3 Å². The molecule has 0 atom stereocenters. The molecule has 0 saturated heterocycles. The predicted octanol–water partition coefficient (Wildman–Crippen LogP) is 4.50. The summed E-state index contributed by atoms with van der Waals surface area (Å²) in [6.07, 6.45) is -0.100. The van der Waals surface area contributed by atoms with Crippen molar-refractivity contribution in [3.8, 4) is 10.4 Å². The number of carbonyl (C=O) groups is 1. The summed E-state index contributed by atoms with van der Waals surface area (Å²) in [4.78, 5) is 36.5. The van der Waals surface area contributed by atoms with Crippen molar-refractivity contribution < 1.29 is 13.6 Å². The van der Waals surface area contributed by atoms with Gasteiger partial charge in [0.1, 0.15) is 10.7 Å². The third-order valence-electron chi connectivity index (χ3n) is 4.65.